The normalized spacial score (nSPS) is 13.7. The summed E-state index contributed by atoms with van der Waals surface area (Å²) in [5.74, 6) is 1.60. The highest BCUT2D eigenvalue weighted by Gasteiger charge is 2.28. The number of carbonyl (C=O) groups excluding carboxylic acids is 1. The number of rotatable bonds is 3. The molecule has 0 N–H and O–H groups in total. The van der Waals surface area contributed by atoms with Crippen molar-refractivity contribution >= 4 is 27.7 Å². The Labute approximate surface area is 158 Å². The first-order chi connectivity index (χ1) is 12.5. The molecule has 8 heteroatoms. The van der Waals surface area contributed by atoms with Gasteiger partial charge in [-0.1, -0.05) is 22.0 Å². The van der Waals surface area contributed by atoms with Crippen LogP contribution in [0.5, 0.6) is 5.75 Å². The molecule has 0 saturated carbocycles. The summed E-state index contributed by atoms with van der Waals surface area (Å²) in [6.45, 7) is 4.21. The van der Waals surface area contributed by atoms with Crippen LogP contribution >= 0.6 is 15.9 Å². The molecule has 0 saturated heterocycles. The van der Waals surface area contributed by atoms with Gasteiger partial charge in [-0.2, -0.15) is 0 Å². The maximum Gasteiger partial charge on any atom is 0.266 e. The van der Waals surface area contributed by atoms with E-state index < -0.39 is 0 Å². The number of nitrogens with zero attached hydrogens (tertiary/aromatic N) is 5. The first-order valence-electron chi connectivity index (χ1n) is 8.16. The van der Waals surface area contributed by atoms with Gasteiger partial charge in [-0.05, 0) is 44.2 Å². The maximum atomic E-state index is 12.9. The second kappa shape index (κ2) is 6.53. The number of aromatic nitrogens is 4. The number of amides is 1. The zero-order valence-electron chi connectivity index (χ0n) is 14.3. The Balaban J connectivity index is 1.71. The molecule has 1 aromatic carbocycles. The monoisotopic (exact) mass is 413 g/mol. The fraction of sp³-hybridized carbons (Fsp3) is 0.222. The predicted molar refractivity (Wildman–Crippen MR) is 100 cm³/mol. The van der Waals surface area contributed by atoms with Crippen LogP contribution in [-0.2, 0) is 0 Å². The Bertz CT molecular complexity index is 985. The smallest absolute Gasteiger partial charge is 0.266 e. The molecule has 26 heavy (non-hydrogen) atoms. The fourth-order valence-electron chi connectivity index (χ4n) is 2.81. The summed E-state index contributed by atoms with van der Waals surface area (Å²) in [6, 6.07) is 11.1. The summed E-state index contributed by atoms with van der Waals surface area (Å²) in [7, 11) is 0. The third kappa shape index (κ3) is 2.86. The van der Waals surface area contributed by atoms with Gasteiger partial charge in [0, 0.05) is 10.5 Å². The first kappa shape index (κ1) is 16.7. The number of fused-ring (bicyclic) bond motifs is 1. The number of pyridine rings is 1. The number of carbonyl (C=O) groups is 1. The Hall–Kier alpha value is -2.74. The second-order valence-electron chi connectivity index (χ2n) is 6.18. The van der Waals surface area contributed by atoms with Gasteiger partial charge in [-0.3, -0.25) is 9.69 Å². The van der Waals surface area contributed by atoms with E-state index in [0.717, 1.165) is 4.47 Å². The molecular weight excluding hydrogens is 398 g/mol. The lowest BCUT2D eigenvalue weighted by molar-refractivity contribution is 0.0936. The average Bonchev–Trinajstić information content (AvgIpc) is 3.13. The molecule has 7 nitrogen and oxygen atoms in total. The molecule has 1 aliphatic heterocycles. The van der Waals surface area contributed by atoms with Crippen LogP contribution in [0.25, 0.3) is 11.5 Å². The molecule has 2 aromatic heterocycles. The van der Waals surface area contributed by atoms with Gasteiger partial charge in [0.05, 0.1) is 5.56 Å². The minimum absolute atomic E-state index is 0.112. The number of hydrogen-bond acceptors (Lipinski definition) is 5. The van der Waals surface area contributed by atoms with Crippen LogP contribution in [0.15, 0.2) is 47.2 Å². The SMILES string of the molecule is CC(C)n1cnnc1-c1cccc(N2COc3ccc(Br)cc3C2=O)n1. The lowest BCUT2D eigenvalue weighted by Gasteiger charge is -2.28. The molecule has 0 bridgehead atoms. The van der Waals surface area contributed by atoms with Crippen LogP contribution in [0.4, 0.5) is 5.82 Å². The van der Waals surface area contributed by atoms with E-state index in [4.69, 9.17) is 4.74 Å². The van der Waals surface area contributed by atoms with Gasteiger partial charge in [0.2, 0.25) is 0 Å². The van der Waals surface area contributed by atoms with Gasteiger partial charge in [-0.15, -0.1) is 10.2 Å². The van der Waals surface area contributed by atoms with Gasteiger partial charge in [0.15, 0.2) is 12.6 Å². The Morgan fingerprint density at radius 3 is 2.88 bits per heavy atom. The lowest BCUT2D eigenvalue weighted by Crippen LogP contribution is -2.39. The third-order valence-electron chi connectivity index (χ3n) is 4.14. The van der Waals surface area contributed by atoms with Crippen LogP contribution in [0, 0.1) is 0 Å². The van der Waals surface area contributed by atoms with E-state index in [0.29, 0.717) is 28.6 Å². The zero-order chi connectivity index (χ0) is 18.3. The number of benzene rings is 1. The Morgan fingerprint density at radius 1 is 1.23 bits per heavy atom. The molecule has 0 atom stereocenters. The zero-order valence-corrected chi connectivity index (χ0v) is 15.8. The molecule has 1 aliphatic rings. The van der Waals surface area contributed by atoms with Gasteiger partial charge in [-0.25, -0.2) is 4.98 Å². The van der Waals surface area contributed by atoms with E-state index in [1.807, 2.05) is 36.6 Å². The van der Waals surface area contributed by atoms with Crippen molar-refractivity contribution < 1.29 is 9.53 Å². The summed E-state index contributed by atoms with van der Waals surface area (Å²) < 4.78 is 8.48. The van der Waals surface area contributed by atoms with Crippen molar-refractivity contribution in [1.82, 2.24) is 19.7 Å². The van der Waals surface area contributed by atoms with Crippen molar-refractivity contribution in [3.8, 4) is 17.3 Å². The molecule has 4 rings (SSSR count). The largest absolute Gasteiger partial charge is 0.472 e. The summed E-state index contributed by atoms with van der Waals surface area (Å²) in [4.78, 5) is 19.0. The van der Waals surface area contributed by atoms with E-state index in [9.17, 15) is 4.79 Å². The molecule has 1 amide bonds. The van der Waals surface area contributed by atoms with Gasteiger partial charge >= 0.3 is 0 Å². The van der Waals surface area contributed by atoms with Crippen molar-refractivity contribution in [3.05, 3.63) is 52.8 Å². The number of hydrogen-bond donors (Lipinski definition) is 0. The first-order valence-corrected chi connectivity index (χ1v) is 8.95. The molecule has 0 fully saturated rings. The highest BCUT2D eigenvalue weighted by atomic mass is 79.9. The quantitative estimate of drug-likeness (QED) is 0.654. The second-order valence-corrected chi connectivity index (χ2v) is 7.10. The highest BCUT2D eigenvalue weighted by Crippen LogP contribution is 2.30. The minimum Gasteiger partial charge on any atom is -0.472 e. The molecule has 0 radical (unpaired) electrons. The van der Waals surface area contributed by atoms with Gasteiger partial charge in [0.1, 0.15) is 23.6 Å². The van der Waals surface area contributed by atoms with E-state index >= 15 is 0 Å². The van der Waals surface area contributed by atoms with Crippen LogP contribution < -0.4 is 9.64 Å². The van der Waals surface area contributed by atoms with E-state index in [1.54, 1.807) is 24.5 Å². The minimum atomic E-state index is -0.150. The predicted octanol–water partition coefficient (Wildman–Crippen LogP) is 3.68. The Kier molecular flexibility index (Phi) is 4.20. The highest BCUT2D eigenvalue weighted by molar-refractivity contribution is 9.10. The summed E-state index contributed by atoms with van der Waals surface area (Å²) >= 11 is 3.39. The van der Waals surface area contributed by atoms with Crippen molar-refractivity contribution in [2.75, 3.05) is 11.6 Å². The van der Waals surface area contributed by atoms with Crippen molar-refractivity contribution in [3.63, 3.8) is 0 Å². The number of ether oxygens (including phenoxy) is 1. The lowest BCUT2D eigenvalue weighted by atomic mass is 10.1. The molecular formula is C18H16BrN5O2. The summed E-state index contributed by atoms with van der Waals surface area (Å²) in [6.07, 6.45) is 1.68. The van der Waals surface area contributed by atoms with Crippen molar-refractivity contribution in [2.24, 2.45) is 0 Å². The molecule has 132 valence electrons. The fourth-order valence-corrected chi connectivity index (χ4v) is 3.17. The van der Waals surface area contributed by atoms with Crippen LogP contribution in [0.2, 0.25) is 0 Å². The van der Waals surface area contributed by atoms with Crippen molar-refractivity contribution in [2.45, 2.75) is 19.9 Å². The molecule has 0 unspecified atom stereocenters. The van der Waals surface area contributed by atoms with Crippen LogP contribution in [0.1, 0.15) is 30.2 Å². The van der Waals surface area contributed by atoms with Gasteiger partial charge < -0.3 is 9.30 Å². The summed E-state index contributed by atoms with van der Waals surface area (Å²) in [5.41, 5.74) is 1.16. The van der Waals surface area contributed by atoms with Crippen LogP contribution in [-0.4, -0.2) is 32.4 Å². The molecule has 0 aliphatic carbocycles. The summed E-state index contributed by atoms with van der Waals surface area (Å²) in [5, 5.41) is 8.15. The van der Waals surface area contributed by atoms with Gasteiger partial charge in [0.25, 0.3) is 5.91 Å². The Morgan fingerprint density at radius 2 is 2.08 bits per heavy atom. The third-order valence-corrected chi connectivity index (χ3v) is 4.63. The standard InChI is InChI=1S/C18H16BrN5O2/c1-11(2)23-9-20-22-17(23)14-4-3-5-16(21-14)24-10-26-15-7-6-12(19)8-13(15)18(24)25/h3-9,11H,10H2,1-2H3. The molecule has 3 heterocycles. The average molecular weight is 414 g/mol. The van der Waals surface area contributed by atoms with Crippen molar-refractivity contribution in [1.29, 1.82) is 0 Å². The topological polar surface area (TPSA) is 73.1 Å². The molecule has 0 spiro atoms. The molecule has 3 aromatic rings. The van der Waals surface area contributed by atoms with E-state index in [1.165, 1.54) is 4.90 Å². The maximum absolute atomic E-state index is 12.9. The van der Waals surface area contributed by atoms with E-state index in [2.05, 4.69) is 31.1 Å². The van der Waals surface area contributed by atoms with E-state index in [-0.39, 0.29) is 18.7 Å². The number of halogens is 1. The number of anilines is 1. The van der Waals surface area contributed by atoms with Crippen LogP contribution in [0.3, 0.4) is 0 Å².